The van der Waals surface area contributed by atoms with Crippen LogP contribution in [0.15, 0.2) is 23.0 Å². The summed E-state index contributed by atoms with van der Waals surface area (Å²) < 4.78 is 23.1. The molecule has 0 heterocycles. The van der Waals surface area contributed by atoms with Crippen molar-refractivity contribution in [3.05, 3.63) is 23.0 Å². The van der Waals surface area contributed by atoms with Crippen LogP contribution in [0, 0.1) is 0 Å². The molecule has 0 aromatic carbocycles. The minimum absolute atomic E-state index is 0.0800. The topological polar surface area (TPSA) is 52.0 Å². The van der Waals surface area contributed by atoms with Gasteiger partial charge in [0.1, 0.15) is 0 Å². The summed E-state index contributed by atoms with van der Waals surface area (Å²) in [6, 6.07) is 0. The Morgan fingerprint density at radius 2 is 1.80 bits per heavy atom. The molecule has 10 heavy (non-hydrogen) atoms. The molecule has 0 aromatic heterocycles. The van der Waals surface area contributed by atoms with Gasteiger partial charge in [0.2, 0.25) is 0 Å². The van der Waals surface area contributed by atoms with E-state index < -0.39 is 12.1 Å². The number of nitrogens with two attached hydrogens (primary N) is 2. The van der Waals surface area contributed by atoms with E-state index in [1.165, 1.54) is 0 Å². The second kappa shape index (κ2) is 4.11. The van der Waals surface area contributed by atoms with Crippen molar-refractivity contribution in [1.29, 1.82) is 0 Å². The number of hydrogen-bond acceptors (Lipinski definition) is 2. The Labute approximate surface area is 62.1 Å². The smallest absolute Gasteiger partial charge is 0.277 e. The SMILES string of the molecule is N/C(=C\C=C(/N)Cl)C(F)F. The fraction of sp³-hybridized carbons (Fsp3) is 0.200. The molecule has 5 heteroatoms. The van der Waals surface area contributed by atoms with Gasteiger partial charge in [-0.15, -0.1) is 0 Å². The maximum atomic E-state index is 11.6. The van der Waals surface area contributed by atoms with Crippen molar-refractivity contribution in [2.75, 3.05) is 0 Å². The number of halogens is 3. The highest BCUT2D eigenvalue weighted by molar-refractivity contribution is 6.29. The summed E-state index contributed by atoms with van der Waals surface area (Å²) in [5.41, 5.74) is 9.19. The average Bonchev–Trinajstić information content (AvgIpc) is 1.82. The molecule has 4 N–H and O–H groups in total. The molecule has 0 spiro atoms. The van der Waals surface area contributed by atoms with Gasteiger partial charge in [0.15, 0.2) is 0 Å². The molecule has 0 fully saturated rings. The van der Waals surface area contributed by atoms with Crippen molar-refractivity contribution < 1.29 is 8.78 Å². The van der Waals surface area contributed by atoms with E-state index >= 15 is 0 Å². The van der Waals surface area contributed by atoms with E-state index in [0.717, 1.165) is 12.2 Å². The van der Waals surface area contributed by atoms with Crippen LogP contribution in [0.4, 0.5) is 8.78 Å². The van der Waals surface area contributed by atoms with Gasteiger partial charge in [-0.3, -0.25) is 0 Å². The Balaban J connectivity index is 4.05. The highest BCUT2D eigenvalue weighted by Gasteiger charge is 2.03. The molecule has 0 amide bonds. The van der Waals surface area contributed by atoms with Gasteiger partial charge in [-0.2, -0.15) is 0 Å². The molecule has 0 radical (unpaired) electrons. The molecule has 0 aliphatic carbocycles. The van der Waals surface area contributed by atoms with Crippen LogP contribution in [0.5, 0.6) is 0 Å². The first-order valence-electron chi connectivity index (χ1n) is 2.40. The van der Waals surface area contributed by atoms with E-state index in [4.69, 9.17) is 23.1 Å². The van der Waals surface area contributed by atoms with Crippen molar-refractivity contribution in [2.24, 2.45) is 11.5 Å². The monoisotopic (exact) mass is 168 g/mol. The number of rotatable bonds is 2. The molecule has 0 aliphatic heterocycles. The molecule has 0 saturated carbocycles. The maximum absolute atomic E-state index is 11.6. The van der Waals surface area contributed by atoms with Crippen molar-refractivity contribution in [3.63, 3.8) is 0 Å². The zero-order chi connectivity index (χ0) is 8.15. The van der Waals surface area contributed by atoms with Crippen LogP contribution in [0.25, 0.3) is 0 Å². The van der Waals surface area contributed by atoms with Crippen LogP contribution >= 0.6 is 11.6 Å². The van der Waals surface area contributed by atoms with E-state index in [1.54, 1.807) is 0 Å². The number of hydrogen-bond donors (Lipinski definition) is 2. The average molecular weight is 169 g/mol. The van der Waals surface area contributed by atoms with Gasteiger partial charge in [0.05, 0.1) is 10.9 Å². The Morgan fingerprint density at radius 1 is 1.30 bits per heavy atom. The zero-order valence-corrected chi connectivity index (χ0v) is 5.78. The fourth-order valence-electron chi connectivity index (χ4n) is 0.249. The first-order chi connectivity index (χ1) is 4.54. The van der Waals surface area contributed by atoms with Gasteiger partial charge in [0, 0.05) is 0 Å². The van der Waals surface area contributed by atoms with Crippen LogP contribution in [0.3, 0.4) is 0 Å². The summed E-state index contributed by atoms with van der Waals surface area (Å²) in [6.45, 7) is 0. The third-order valence-electron chi connectivity index (χ3n) is 0.687. The van der Waals surface area contributed by atoms with Crippen molar-refractivity contribution in [1.82, 2.24) is 0 Å². The lowest BCUT2D eigenvalue weighted by Crippen LogP contribution is -2.06. The number of allylic oxidation sites excluding steroid dienone is 3. The molecule has 2 nitrogen and oxygen atoms in total. The van der Waals surface area contributed by atoms with Crippen molar-refractivity contribution in [2.45, 2.75) is 6.43 Å². The Morgan fingerprint density at radius 3 is 2.10 bits per heavy atom. The lowest BCUT2D eigenvalue weighted by Gasteiger charge is -1.94. The summed E-state index contributed by atoms with van der Waals surface area (Å²) in [6.07, 6.45) is -0.594. The van der Waals surface area contributed by atoms with Crippen LogP contribution in [-0.2, 0) is 0 Å². The van der Waals surface area contributed by atoms with Gasteiger partial charge >= 0.3 is 0 Å². The largest absolute Gasteiger partial charge is 0.397 e. The third-order valence-corrected chi connectivity index (χ3v) is 0.813. The Bertz CT molecular complexity index is 161. The molecule has 0 saturated heterocycles. The third kappa shape index (κ3) is 4.14. The number of alkyl halides is 2. The second-order valence-corrected chi connectivity index (χ2v) is 1.96. The first-order valence-corrected chi connectivity index (χ1v) is 2.78. The second-order valence-electron chi connectivity index (χ2n) is 1.52. The van der Waals surface area contributed by atoms with Crippen molar-refractivity contribution in [3.8, 4) is 0 Å². The Kier molecular flexibility index (Phi) is 3.79. The predicted molar refractivity (Wildman–Crippen MR) is 36.4 cm³/mol. The lowest BCUT2D eigenvalue weighted by molar-refractivity contribution is 0.188. The van der Waals surface area contributed by atoms with Crippen molar-refractivity contribution >= 4 is 11.6 Å². The molecule has 0 aliphatic rings. The lowest BCUT2D eigenvalue weighted by atomic mass is 10.4. The van der Waals surface area contributed by atoms with E-state index in [2.05, 4.69) is 0 Å². The summed E-state index contributed by atoms with van der Waals surface area (Å²) >= 11 is 5.12. The van der Waals surface area contributed by atoms with Gasteiger partial charge in [-0.25, -0.2) is 8.78 Å². The summed E-state index contributed by atoms with van der Waals surface area (Å²) in [4.78, 5) is 0. The summed E-state index contributed by atoms with van der Waals surface area (Å²) in [7, 11) is 0. The molecular formula is C5H7ClF2N2. The summed E-state index contributed by atoms with van der Waals surface area (Å²) in [5.74, 6) is 0. The molecule has 0 atom stereocenters. The van der Waals surface area contributed by atoms with Gasteiger partial charge in [0.25, 0.3) is 6.43 Å². The molecule has 0 bridgehead atoms. The fourth-order valence-corrected chi connectivity index (χ4v) is 0.312. The first kappa shape index (κ1) is 9.23. The molecule has 0 rings (SSSR count). The van der Waals surface area contributed by atoms with Crippen LogP contribution < -0.4 is 11.5 Å². The molecule has 58 valence electrons. The quantitative estimate of drug-likeness (QED) is 0.480. The van der Waals surface area contributed by atoms with Gasteiger partial charge in [-0.1, -0.05) is 11.6 Å². The Hall–Kier alpha value is -0.770. The van der Waals surface area contributed by atoms with Gasteiger partial charge < -0.3 is 11.5 Å². The highest BCUT2D eigenvalue weighted by Crippen LogP contribution is 2.02. The molecule has 0 aromatic rings. The molecule has 0 unspecified atom stereocenters. The minimum atomic E-state index is -2.66. The highest BCUT2D eigenvalue weighted by atomic mass is 35.5. The zero-order valence-electron chi connectivity index (χ0n) is 5.02. The standard InChI is InChI=1S/C5H7ClF2N2/c6-4(10)2-1-3(9)5(7)8/h1-2,5H,9-10H2/b3-1-,4-2-. The normalized spacial score (nSPS) is 14.4. The molecular weight excluding hydrogens is 162 g/mol. The van der Waals surface area contributed by atoms with Crippen LogP contribution in [-0.4, -0.2) is 6.43 Å². The van der Waals surface area contributed by atoms with Gasteiger partial charge in [-0.05, 0) is 12.2 Å². The van der Waals surface area contributed by atoms with Crippen LogP contribution in [0.1, 0.15) is 0 Å². The minimum Gasteiger partial charge on any atom is -0.397 e. The summed E-state index contributed by atoms with van der Waals surface area (Å²) in [5, 5.41) is -0.0800. The van der Waals surface area contributed by atoms with Crippen LogP contribution in [0.2, 0.25) is 0 Å². The van der Waals surface area contributed by atoms with E-state index in [0.29, 0.717) is 0 Å². The van der Waals surface area contributed by atoms with E-state index in [-0.39, 0.29) is 5.16 Å². The van der Waals surface area contributed by atoms with E-state index in [9.17, 15) is 8.78 Å². The maximum Gasteiger partial charge on any atom is 0.277 e. The predicted octanol–water partition coefficient (Wildman–Crippen LogP) is 1.13. The van der Waals surface area contributed by atoms with E-state index in [1.807, 2.05) is 0 Å².